The lowest BCUT2D eigenvalue weighted by Crippen LogP contribution is -2.04. The third kappa shape index (κ3) is 19.4. The van der Waals surface area contributed by atoms with Gasteiger partial charge in [-0.15, -0.1) is 0 Å². The fraction of sp³-hybridized carbons (Fsp3) is 0.838. The van der Waals surface area contributed by atoms with E-state index in [0.717, 1.165) is 5.56 Å². The Balaban J connectivity index is 2.04. The topological polar surface area (TPSA) is 36.7 Å². The van der Waals surface area contributed by atoms with E-state index in [2.05, 4.69) is 37.9 Å². The number of nitriles is 1. The quantitative estimate of drug-likeness (QED) is 0.0994. The fourth-order valence-corrected chi connectivity index (χ4v) is 6.20. The first kappa shape index (κ1) is 35.7. The van der Waals surface area contributed by atoms with Crippen LogP contribution in [-0.2, 0) is 0 Å². The summed E-state index contributed by atoms with van der Waals surface area (Å²) in [5.41, 5.74) is 3.12. The molecule has 2 nitrogen and oxygen atoms in total. The molecule has 0 radical (unpaired) electrons. The Kier molecular flexibility index (Phi) is 24.5. The van der Waals surface area contributed by atoms with E-state index < -0.39 is 0 Å². The lowest BCUT2D eigenvalue weighted by atomic mass is 9.86. The predicted octanol–water partition coefficient (Wildman–Crippen LogP) is 12.9. The molecule has 1 atom stereocenters. The molecule has 0 N–H and O–H groups in total. The molecule has 0 saturated heterocycles. The summed E-state index contributed by atoms with van der Waals surface area (Å²) in [4.78, 5) is 4.29. The van der Waals surface area contributed by atoms with Gasteiger partial charge in [-0.05, 0) is 42.9 Å². The number of hydrogen-bond acceptors (Lipinski definition) is 2. The van der Waals surface area contributed by atoms with Crippen molar-refractivity contribution < 1.29 is 0 Å². The molecule has 2 heteroatoms. The van der Waals surface area contributed by atoms with Gasteiger partial charge in [0.25, 0.3) is 0 Å². The first-order valence-corrected chi connectivity index (χ1v) is 17.6. The molecule has 0 aromatic carbocycles. The van der Waals surface area contributed by atoms with Gasteiger partial charge in [-0.25, -0.2) is 4.98 Å². The first-order valence-electron chi connectivity index (χ1n) is 17.6. The van der Waals surface area contributed by atoms with E-state index in [1.807, 2.05) is 6.20 Å². The van der Waals surface area contributed by atoms with Gasteiger partial charge < -0.3 is 0 Å². The highest BCUT2D eigenvalue weighted by molar-refractivity contribution is 5.38. The predicted molar refractivity (Wildman–Crippen MR) is 172 cm³/mol. The Morgan fingerprint density at radius 3 is 1.23 bits per heavy atom. The van der Waals surface area contributed by atoms with E-state index in [0.29, 0.717) is 11.6 Å². The highest BCUT2D eigenvalue weighted by Gasteiger charge is 2.16. The molecule has 1 aromatic rings. The summed E-state index contributed by atoms with van der Waals surface area (Å²) in [5.74, 6) is 0.595. The summed E-state index contributed by atoms with van der Waals surface area (Å²) < 4.78 is 0. The molecule has 0 amide bonds. The number of hydrogen-bond donors (Lipinski definition) is 0. The van der Waals surface area contributed by atoms with Gasteiger partial charge in [-0.2, -0.15) is 5.26 Å². The second-order valence-corrected chi connectivity index (χ2v) is 12.4. The van der Waals surface area contributed by atoms with Gasteiger partial charge in [0.05, 0.1) is 0 Å². The number of unbranched alkanes of at least 4 members (excludes halogenated alkanes) is 23. The summed E-state index contributed by atoms with van der Waals surface area (Å²) in [6.07, 6.45) is 39.7. The summed E-state index contributed by atoms with van der Waals surface area (Å²) >= 11 is 0. The van der Waals surface area contributed by atoms with Crippen molar-refractivity contribution in [2.24, 2.45) is 0 Å². The number of pyridine rings is 1. The molecule has 0 saturated carbocycles. The van der Waals surface area contributed by atoms with Gasteiger partial charge in [0.1, 0.15) is 11.8 Å². The van der Waals surface area contributed by atoms with Gasteiger partial charge in [0.2, 0.25) is 0 Å². The van der Waals surface area contributed by atoms with Crippen LogP contribution in [0.3, 0.4) is 0 Å². The Morgan fingerprint density at radius 1 is 0.564 bits per heavy atom. The van der Waals surface area contributed by atoms with E-state index in [1.54, 1.807) is 0 Å². The molecule has 1 aromatic heterocycles. The van der Waals surface area contributed by atoms with Crippen LogP contribution >= 0.6 is 0 Å². The number of aromatic nitrogens is 1. The zero-order valence-electron chi connectivity index (χ0n) is 26.7. The molecule has 39 heavy (non-hydrogen) atoms. The molecule has 0 aliphatic heterocycles. The van der Waals surface area contributed by atoms with Crippen LogP contribution < -0.4 is 0 Å². The maximum Gasteiger partial charge on any atom is 0.143 e. The minimum Gasteiger partial charge on any atom is -0.245 e. The molecule has 0 bridgehead atoms. The third-order valence-corrected chi connectivity index (χ3v) is 8.85. The van der Waals surface area contributed by atoms with E-state index in [-0.39, 0.29) is 0 Å². The van der Waals surface area contributed by atoms with Crippen LogP contribution in [0.1, 0.15) is 210 Å². The van der Waals surface area contributed by atoms with E-state index in [1.165, 1.54) is 179 Å². The second-order valence-electron chi connectivity index (χ2n) is 12.4. The maximum atomic E-state index is 9.44. The van der Waals surface area contributed by atoms with Crippen molar-refractivity contribution in [2.75, 3.05) is 0 Å². The molecular weight excluding hydrogens is 472 g/mol. The first-order chi connectivity index (χ1) is 19.2. The van der Waals surface area contributed by atoms with E-state index in [9.17, 15) is 5.26 Å². The zero-order valence-corrected chi connectivity index (χ0v) is 26.7. The molecule has 1 rings (SSSR count). The average molecular weight is 539 g/mol. The van der Waals surface area contributed by atoms with Crippen molar-refractivity contribution in [2.45, 2.75) is 200 Å². The highest BCUT2D eigenvalue weighted by atomic mass is 14.7. The number of rotatable bonds is 28. The zero-order chi connectivity index (χ0) is 28.2. The summed E-state index contributed by atoms with van der Waals surface area (Å²) in [7, 11) is 0. The molecule has 1 heterocycles. The summed E-state index contributed by atoms with van der Waals surface area (Å²) in [6, 6.07) is 4.48. The Morgan fingerprint density at radius 2 is 0.897 bits per heavy atom. The normalized spacial score (nSPS) is 12.1. The van der Waals surface area contributed by atoms with Gasteiger partial charge in [0.15, 0.2) is 0 Å². The highest BCUT2D eigenvalue weighted by Crippen LogP contribution is 2.31. The average Bonchev–Trinajstić information content (AvgIpc) is 2.95. The molecule has 0 spiro atoms. The van der Waals surface area contributed by atoms with Crippen molar-refractivity contribution in [1.29, 1.82) is 5.26 Å². The maximum absolute atomic E-state index is 9.44. The minimum absolute atomic E-state index is 0.595. The summed E-state index contributed by atoms with van der Waals surface area (Å²) in [5, 5.41) is 9.44. The largest absolute Gasteiger partial charge is 0.245 e. The van der Waals surface area contributed by atoms with Gasteiger partial charge >= 0.3 is 0 Å². The standard InChI is InChI=1S/C37H66N2/c1-4-6-8-10-11-12-13-14-15-16-17-18-19-20-21-22-23-24-26-28-30-35(29-27-25-9-7-5-2)36-31-32-39-37(33-38)34(36)3/h31-32,35H,4-30H2,1-3H3. The van der Waals surface area contributed by atoms with Crippen LogP contribution in [0.25, 0.3) is 0 Å². The van der Waals surface area contributed by atoms with Gasteiger partial charge in [-0.3, -0.25) is 0 Å². The summed E-state index contributed by atoms with van der Waals surface area (Å²) in [6.45, 7) is 6.68. The third-order valence-electron chi connectivity index (χ3n) is 8.85. The Hall–Kier alpha value is -1.36. The van der Waals surface area contributed by atoms with Crippen LogP contribution in [0.5, 0.6) is 0 Å². The monoisotopic (exact) mass is 539 g/mol. The molecule has 0 aliphatic carbocycles. The molecule has 1 unspecified atom stereocenters. The lowest BCUT2D eigenvalue weighted by molar-refractivity contribution is 0.482. The van der Waals surface area contributed by atoms with Crippen LogP contribution in [0.15, 0.2) is 12.3 Å². The molecular formula is C37H66N2. The smallest absolute Gasteiger partial charge is 0.143 e. The molecule has 0 aliphatic rings. The molecule has 0 fully saturated rings. The fourth-order valence-electron chi connectivity index (χ4n) is 6.20. The van der Waals surface area contributed by atoms with Crippen LogP contribution in [0, 0.1) is 18.3 Å². The van der Waals surface area contributed by atoms with Crippen LogP contribution in [0.4, 0.5) is 0 Å². The van der Waals surface area contributed by atoms with Crippen molar-refractivity contribution >= 4 is 0 Å². The second kappa shape index (κ2) is 26.8. The number of nitrogens with zero attached hydrogens (tertiary/aromatic N) is 2. The van der Waals surface area contributed by atoms with E-state index >= 15 is 0 Å². The molecule has 224 valence electrons. The lowest BCUT2D eigenvalue weighted by Gasteiger charge is -2.20. The van der Waals surface area contributed by atoms with Crippen molar-refractivity contribution in [3.05, 3.63) is 29.1 Å². The van der Waals surface area contributed by atoms with Crippen molar-refractivity contribution in [3.63, 3.8) is 0 Å². The Bertz CT molecular complexity index is 704. The van der Waals surface area contributed by atoms with Crippen LogP contribution in [-0.4, -0.2) is 4.98 Å². The minimum atomic E-state index is 0.595. The van der Waals surface area contributed by atoms with E-state index in [4.69, 9.17) is 0 Å². The van der Waals surface area contributed by atoms with Crippen molar-refractivity contribution in [1.82, 2.24) is 4.98 Å². The van der Waals surface area contributed by atoms with Gasteiger partial charge in [0, 0.05) is 6.20 Å². The Labute approximate surface area is 245 Å². The van der Waals surface area contributed by atoms with Crippen LogP contribution in [0.2, 0.25) is 0 Å². The van der Waals surface area contributed by atoms with Gasteiger partial charge in [-0.1, -0.05) is 174 Å². The van der Waals surface area contributed by atoms with Crippen molar-refractivity contribution in [3.8, 4) is 6.07 Å². The SMILES string of the molecule is CCCCCCCCCCCCCCCCCCCCCCC(CCCCCCC)c1ccnc(C#N)c1C.